The highest BCUT2D eigenvalue weighted by Crippen LogP contribution is 2.34. The largest absolute Gasteiger partial charge is 0.508 e. The van der Waals surface area contributed by atoms with E-state index >= 15 is 0 Å². The van der Waals surface area contributed by atoms with Crippen LogP contribution in [0.25, 0.3) is 22.0 Å². The quantitative estimate of drug-likeness (QED) is 0.640. The van der Waals surface area contributed by atoms with Crippen LogP contribution in [0.4, 0.5) is 5.82 Å². The number of nitrogens with one attached hydrogen (secondary N) is 2. The van der Waals surface area contributed by atoms with E-state index in [1.807, 2.05) is 18.2 Å². The van der Waals surface area contributed by atoms with Crippen LogP contribution in [0.3, 0.4) is 0 Å². The van der Waals surface area contributed by atoms with E-state index in [-0.39, 0.29) is 17.6 Å². The first-order valence-corrected chi connectivity index (χ1v) is 9.35. The number of benzene rings is 2. The van der Waals surface area contributed by atoms with Gasteiger partial charge in [0.15, 0.2) is 5.82 Å². The number of hydrogen-bond acceptors (Lipinski definition) is 4. The van der Waals surface area contributed by atoms with Crippen molar-refractivity contribution in [2.24, 2.45) is 5.92 Å². The molecule has 4 rings (SSSR count). The fourth-order valence-electron chi connectivity index (χ4n) is 3.50. The summed E-state index contributed by atoms with van der Waals surface area (Å²) in [6.07, 6.45) is 1.72. The molecule has 1 aromatic heterocycles. The second-order valence-electron chi connectivity index (χ2n) is 7.06. The Balaban J connectivity index is 1.61. The summed E-state index contributed by atoms with van der Waals surface area (Å²) in [7, 11) is 2.07. The average Bonchev–Trinajstić information content (AvgIpc) is 3.04. The van der Waals surface area contributed by atoms with Crippen LogP contribution in [0.15, 0.2) is 36.4 Å². The zero-order valence-corrected chi connectivity index (χ0v) is 15.8. The zero-order valence-electron chi connectivity index (χ0n) is 15.0. The summed E-state index contributed by atoms with van der Waals surface area (Å²) in [6, 6.07) is 10.7. The third-order valence-corrected chi connectivity index (χ3v) is 5.47. The molecule has 1 fully saturated rings. The van der Waals surface area contributed by atoms with E-state index in [0.29, 0.717) is 10.8 Å². The molecule has 1 saturated heterocycles. The van der Waals surface area contributed by atoms with Gasteiger partial charge in [0.05, 0.1) is 10.5 Å². The van der Waals surface area contributed by atoms with Crippen molar-refractivity contribution in [3.05, 3.63) is 41.4 Å². The number of halogens is 1. The maximum absolute atomic E-state index is 12.6. The predicted octanol–water partition coefficient (Wildman–Crippen LogP) is 3.87. The Morgan fingerprint density at radius 3 is 2.78 bits per heavy atom. The highest BCUT2D eigenvalue weighted by atomic mass is 35.5. The summed E-state index contributed by atoms with van der Waals surface area (Å²) in [5.74, 6) is 0.692. The zero-order chi connectivity index (χ0) is 19.0. The van der Waals surface area contributed by atoms with Crippen LogP contribution in [0, 0.1) is 5.92 Å². The topological polar surface area (TPSA) is 81.2 Å². The minimum Gasteiger partial charge on any atom is -0.508 e. The molecule has 7 heteroatoms. The molecule has 0 unspecified atom stereocenters. The summed E-state index contributed by atoms with van der Waals surface area (Å²) in [5, 5.41) is 21.1. The maximum Gasteiger partial charge on any atom is 0.228 e. The molecule has 1 amide bonds. The number of anilines is 1. The normalized spacial score (nSPS) is 15.9. The van der Waals surface area contributed by atoms with Gasteiger partial charge >= 0.3 is 0 Å². The molecule has 2 aromatic carbocycles. The fourth-order valence-corrected chi connectivity index (χ4v) is 3.79. The average molecular weight is 385 g/mol. The lowest BCUT2D eigenvalue weighted by Gasteiger charge is -2.27. The number of rotatable bonds is 3. The highest BCUT2D eigenvalue weighted by molar-refractivity contribution is 6.33. The van der Waals surface area contributed by atoms with Crippen LogP contribution in [0.1, 0.15) is 12.8 Å². The molecule has 0 radical (unpaired) electrons. The number of likely N-dealkylation sites (tertiary alicyclic amines) is 1. The molecule has 27 heavy (non-hydrogen) atoms. The van der Waals surface area contributed by atoms with Crippen LogP contribution in [-0.4, -0.2) is 46.2 Å². The van der Waals surface area contributed by atoms with Gasteiger partial charge in [0.25, 0.3) is 0 Å². The van der Waals surface area contributed by atoms with Gasteiger partial charge in [-0.15, -0.1) is 0 Å². The molecule has 1 aliphatic rings. The van der Waals surface area contributed by atoms with Crippen LogP contribution in [0.2, 0.25) is 5.02 Å². The number of fused-ring (bicyclic) bond motifs is 1. The van der Waals surface area contributed by atoms with Gasteiger partial charge in [-0.3, -0.25) is 9.89 Å². The third-order valence-electron chi connectivity index (χ3n) is 5.16. The summed E-state index contributed by atoms with van der Waals surface area (Å²) < 4.78 is 0. The third kappa shape index (κ3) is 3.63. The molecule has 0 saturated carbocycles. The Morgan fingerprint density at radius 1 is 1.26 bits per heavy atom. The van der Waals surface area contributed by atoms with E-state index in [0.717, 1.165) is 48.0 Å². The summed E-state index contributed by atoms with van der Waals surface area (Å²) in [4.78, 5) is 14.9. The fraction of sp³-hybridized carbons (Fsp3) is 0.300. The van der Waals surface area contributed by atoms with Crippen LogP contribution < -0.4 is 5.32 Å². The molecule has 3 N–H and O–H groups in total. The minimum absolute atomic E-state index is 0.0164. The van der Waals surface area contributed by atoms with Crippen molar-refractivity contribution in [2.45, 2.75) is 12.8 Å². The van der Waals surface area contributed by atoms with Crippen molar-refractivity contribution in [1.29, 1.82) is 0 Å². The smallest absolute Gasteiger partial charge is 0.228 e. The molecule has 0 bridgehead atoms. The van der Waals surface area contributed by atoms with Crippen molar-refractivity contribution >= 4 is 34.2 Å². The van der Waals surface area contributed by atoms with Gasteiger partial charge in [-0.25, -0.2) is 0 Å². The SMILES string of the molecule is CN1CCC(C(=O)Nc2n[nH]c3ccc(-c4ccc(O)cc4Cl)cc23)CC1. The summed E-state index contributed by atoms with van der Waals surface area (Å²) >= 11 is 6.27. The standard InChI is InChI=1S/C20H21ClN4O2/c1-25-8-6-12(7-9-25)20(27)22-19-16-10-13(2-5-18(16)23-24-19)15-4-3-14(26)11-17(15)21/h2-5,10-12,26H,6-9H2,1H3,(H2,22,23,24,27). The molecule has 0 aliphatic carbocycles. The van der Waals surface area contributed by atoms with E-state index in [9.17, 15) is 9.90 Å². The predicted molar refractivity (Wildman–Crippen MR) is 107 cm³/mol. The van der Waals surface area contributed by atoms with Gasteiger partial charge < -0.3 is 15.3 Å². The number of phenols is 1. The first-order chi connectivity index (χ1) is 13.0. The molecule has 3 aromatic rings. The Kier molecular flexibility index (Phi) is 4.76. The Morgan fingerprint density at radius 2 is 2.04 bits per heavy atom. The van der Waals surface area contributed by atoms with E-state index in [4.69, 9.17) is 11.6 Å². The lowest BCUT2D eigenvalue weighted by atomic mass is 9.96. The number of carbonyl (C=O) groups is 1. The number of amides is 1. The van der Waals surface area contributed by atoms with Gasteiger partial charge in [0.1, 0.15) is 5.75 Å². The molecule has 0 spiro atoms. The number of H-pyrrole nitrogens is 1. The van der Waals surface area contributed by atoms with Gasteiger partial charge in [-0.05, 0) is 68.9 Å². The molecular weight excluding hydrogens is 364 g/mol. The Hall–Kier alpha value is -2.57. The summed E-state index contributed by atoms with van der Waals surface area (Å²) in [5.41, 5.74) is 2.54. The highest BCUT2D eigenvalue weighted by Gasteiger charge is 2.24. The second kappa shape index (κ2) is 7.21. The van der Waals surface area contributed by atoms with Gasteiger partial charge in [0, 0.05) is 16.9 Å². The van der Waals surface area contributed by atoms with Crippen molar-refractivity contribution in [3.63, 3.8) is 0 Å². The lowest BCUT2D eigenvalue weighted by molar-refractivity contribution is -0.121. The lowest BCUT2D eigenvalue weighted by Crippen LogP contribution is -2.36. The van der Waals surface area contributed by atoms with E-state index < -0.39 is 0 Å². The number of piperidine rings is 1. The van der Waals surface area contributed by atoms with Crippen molar-refractivity contribution in [3.8, 4) is 16.9 Å². The number of hydrogen-bond donors (Lipinski definition) is 3. The molecule has 140 valence electrons. The van der Waals surface area contributed by atoms with Gasteiger partial charge in [-0.2, -0.15) is 5.10 Å². The molecule has 2 heterocycles. The number of nitrogens with zero attached hydrogens (tertiary/aromatic N) is 2. The monoisotopic (exact) mass is 384 g/mol. The molecule has 6 nitrogen and oxygen atoms in total. The molecular formula is C20H21ClN4O2. The Labute approximate surface area is 162 Å². The number of phenolic OH excluding ortho intramolecular Hbond substituents is 1. The number of aromatic amines is 1. The number of aromatic hydroxyl groups is 1. The number of aromatic nitrogens is 2. The van der Waals surface area contributed by atoms with E-state index in [1.165, 1.54) is 6.07 Å². The van der Waals surface area contributed by atoms with Crippen molar-refractivity contribution in [2.75, 3.05) is 25.5 Å². The molecule has 0 atom stereocenters. The van der Waals surface area contributed by atoms with E-state index in [2.05, 4.69) is 27.5 Å². The Bertz CT molecular complexity index is 993. The first kappa shape index (κ1) is 17.8. The first-order valence-electron chi connectivity index (χ1n) is 8.97. The maximum atomic E-state index is 12.6. The van der Waals surface area contributed by atoms with Crippen LogP contribution in [-0.2, 0) is 4.79 Å². The van der Waals surface area contributed by atoms with Gasteiger partial charge in [-0.1, -0.05) is 17.7 Å². The number of carbonyl (C=O) groups excluding carboxylic acids is 1. The molecule has 1 aliphatic heterocycles. The van der Waals surface area contributed by atoms with Crippen molar-refractivity contribution in [1.82, 2.24) is 15.1 Å². The van der Waals surface area contributed by atoms with Crippen molar-refractivity contribution < 1.29 is 9.90 Å². The summed E-state index contributed by atoms with van der Waals surface area (Å²) in [6.45, 7) is 1.87. The minimum atomic E-state index is 0.0164. The van der Waals surface area contributed by atoms with Crippen LogP contribution >= 0.6 is 11.6 Å². The van der Waals surface area contributed by atoms with E-state index in [1.54, 1.807) is 12.1 Å². The van der Waals surface area contributed by atoms with Gasteiger partial charge in [0.2, 0.25) is 5.91 Å². The second-order valence-corrected chi connectivity index (χ2v) is 7.47. The van der Waals surface area contributed by atoms with Crippen LogP contribution in [0.5, 0.6) is 5.75 Å².